The number of nitrogens with zero attached hydrogens (tertiary/aromatic N) is 4. The first kappa shape index (κ1) is 23.8. The Morgan fingerprint density at radius 3 is 2.73 bits per heavy atom. The molecule has 1 saturated carbocycles. The zero-order chi connectivity index (χ0) is 25.2. The first-order valence-electron chi connectivity index (χ1n) is 12.9. The van der Waals surface area contributed by atoms with Crippen LogP contribution in [0.1, 0.15) is 41.6 Å². The molecule has 6 rings (SSSR count). The van der Waals surface area contributed by atoms with Crippen LogP contribution in [0.5, 0.6) is 0 Å². The fourth-order valence-electron chi connectivity index (χ4n) is 4.72. The van der Waals surface area contributed by atoms with E-state index in [9.17, 15) is 4.79 Å². The van der Waals surface area contributed by atoms with Crippen molar-refractivity contribution >= 4 is 40.6 Å². The van der Waals surface area contributed by atoms with Crippen LogP contribution in [0.25, 0.3) is 16.8 Å². The van der Waals surface area contributed by atoms with Crippen molar-refractivity contribution in [1.29, 1.82) is 0 Å². The van der Waals surface area contributed by atoms with Crippen molar-refractivity contribution in [3.63, 3.8) is 0 Å². The Bertz CT molecular complexity index is 1410. The molecule has 0 unspecified atom stereocenters. The number of anilines is 3. The number of carbonyl (C=O) groups excluding carboxylic acids is 1. The maximum atomic E-state index is 12.6. The molecule has 1 aliphatic heterocycles. The number of thioether (sulfide) groups is 1. The zero-order valence-electron chi connectivity index (χ0n) is 20.9. The number of amides is 1. The third kappa shape index (κ3) is 5.41. The molecule has 9 heteroatoms. The highest BCUT2D eigenvalue weighted by atomic mass is 32.2. The number of hydrogen-bond acceptors (Lipinski definition) is 7. The van der Waals surface area contributed by atoms with Gasteiger partial charge in [-0.05, 0) is 79.4 Å². The van der Waals surface area contributed by atoms with Crippen molar-refractivity contribution in [3.05, 3.63) is 66.1 Å². The van der Waals surface area contributed by atoms with Crippen molar-refractivity contribution in [1.82, 2.24) is 24.9 Å². The summed E-state index contributed by atoms with van der Waals surface area (Å²) in [7, 11) is 0. The van der Waals surface area contributed by atoms with Gasteiger partial charge < -0.3 is 16.0 Å². The lowest BCUT2D eigenvalue weighted by Crippen LogP contribution is -2.26. The minimum atomic E-state index is 0.0000879. The normalized spacial score (nSPS) is 16.0. The topological polar surface area (TPSA) is 96.2 Å². The van der Waals surface area contributed by atoms with Gasteiger partial charge in [0.15, 0.2) is 5.65 Å². The van der Waals surface area contributed by atoms with Crippen LogP contribution < -0.4 is 16.0 Å². The maximum Gasteiger partial charge on any atom is 0.251 e. The average molecular weight is 514 g/mol. The summed E-state index contributed by atoms with van der Waals surface area (Å²) in [6.45, 7) is 2.89. The summed E-state index contributed by atoms with van der Waals surface area (Å²) < 4.78 is 1.88. The van der Waals surface area contributed by atoms with Crippen LogP contribution in [-0.4, -0.2) is 49.6 Å². The molecular weight excluding hydrogens is 482 g/mol. The van der Waals surface area contributed by atoms with E-state index in [1.807, 2.05) is 59.7 Å². The maximum absolute atomic E-state index is 12.6. The minimum absolute atomic E-state index is 0.0000879. The highest BCUT2D eigenvalue weighted by Crippen LogP contribution is 2.30. The number of fused-ring (bicyclic) bond motifs is 1. The third-order valence-electron chi connectivity index (χ3n) is 7.01. The van der Waals surface area contributed by atoms with Gasteiger partial charge in [0.1, 0.15) is 11.6 Å². The van der Waals surface area contributed by atoms with E-state index in [0.717, 1.165) is 59.0 Å². The van der Waals surface area contributed by atoms with Gasteiger partial charge in [-0.2, -0.15) is 21.4 Å². The number of rotatable bonds is 8. The van der Waals surface area contributed by atoms with Crippen LogP contribution in [-0.2, 0) is 0 Å². The summed E-state index contributed by atoms with van der Waals surface area (Å²) in [5, 5.41) is 14.8. The van der Waals surface area contributed by atoms with Gasteiger partial charge in [-0.1, -0.05) is 12.1 Å². The Kier molecular flexibility index (Phi) is 6.70. The lowest BCUT2D eigenvalue weighted by Gasteiger charge is -2.22. The number of pyridine rings is 1. The van der Waals surface area contributed by atoms with Gasteiger partial charge in [-0.25, -0.2) is 4.98 Å². The molecule has 190 valence electrons. The Labute approximate surface area is 220 Å². The van der Waals surface area contributed by atoms with E-state index in [0.29, 0.717) is 17.5 Å². The third-order valence-corrected chi connectivity index (χ3v) is 8.06. The van der Waals surface area contributed by atoms with Crippen molar-refractivity contribution in [3.8, 4) is 11.1 Å². The van der Waals surface area contributed by atoms with Crippen LogP contribution in [0, 0.1) is 12.8 Å². The first-order chi connectivity index (χ1) is 18.1. The van der Waals surface area contributed by atoms with E-state index in [1.54, 1.807) is 12.4 Å². The minimum Gasteiger partial charge on any atom is -0.370 e. The van der Waals surface area contributed by atoms with Crippen LogP contribution in [0.3, 0.4) is 0 Å². The van der Waals surface area contributed by atoms with Gasteiger partial charge in [0, 0.05) is 36.0 Å². The molecule has 0 spiro atoms. The summed E-state index contributed by atoms with van der Waals surface area (Å²) >= 11 is 2.04. The molecule has 3 N–H and O–H groups in total. The van der Waals surface area contributed by atoms with Gasteiger partial charge in [0.25, 0.3) is 5.91 Å². The summed E-state index contributed by atoms with van der Waals surface area (Å²) in [5.41, 5.74) is 5.18. The fourth-order valence-corrected chi connectivity index (χ4v) is 5.92. The number of nitrogens with one attached hydrogen (secondary N) is 3. The second kappa shape index (κ2) is 10.4. The Hall–Kier alpha value is -3.59. The monoisotopic (exact) mass is 513 g/mol. The second-order valence-corrected chi connectivity index (χ2v) is 11.1. The molecule has 0 atom stereocenters. The van der Waals surface area contributed by atoms with Gasteiger partial charge >= 0.3 is 0 Å². The summed E-state index contributed by atoms with van der Waals surface area (Å²) in [6, 6.07) is 12.1. The van der Waals surface area contributed by atoms with Gasteiger partial charge in [0.05, 0.1) is 18.1 Å². The van der Waals surface area contributed by atoms with Crippen LogP contribution in [0.4, 0.5) is 17.3 Å². The molecule has 2 fully saturated rings. The average Bonchev–Trinajstić information content (AvgIpc) is 3.63. The number of hydrogen-bond donors (Lipinski definition) is 3. The summed E-state index contributed by atoms with van der Waals surface area (Å²) in [4.78, 5) is 21.8. The molecule has 1 aromatic carbocycles. The number of aromatic nitrogens is 4. The largest absolute Gasteiger partial charge is 0.370 e. The molecule has 0 bridgehead atoms. The molecule has 37 heavy (non-hydrogen) atoms. The Morgan fingerprint density at radius 1 is 1.11 bits per heavy atom. The van der Waals surface area contributed by atoms with E-state index in [2.05, 4.69) is 27.0 Å². The van der Waals surface area contributed by atoms with E-state index in [4.69, 9.17) is 10.1 Å². The van der Waals surface area contributed by atoms with Gasteiger partial charge in [-0.15, -0.1) is 0 Å². The van der Waals surface area contributed by atoms with Crippen molar-refractivity contribution in [2.75, 3.05) is 28.7 Å². The van der Waals surface area contributed by atoms with E-state index in [-0.39, 0.29) is 5.91 Å². The van der Waals surface area contributed by atoms with E-state index in [1.165, 1.54) is 24.3 Å². The van der Waals surface area contributed by atoms with Crippen molar-refractivity contribution in [2.45, 2.75) is 38.6 Å². The molecule has 1 amide bonds. The molecular formula is C28H31N7OS. The second-order valence-electron chi connectivity index (χ2n) is 9.90. The number of carbonyl (C=O) groups is 1. The zero-order valence-corrected chi connectivity index (χ0v) is 21.7. The number of aryl methyl sites for hydroxylation is 1. The van der Waals surface area contributed by atoms with Crippen LogP contribution in [0.15, 0.2) is 55.0 Å². The Balaban J connectivity index is 1.34. The quantitative estimate of drug-likeness (QED) is 0.295. The molecule has 1 saturated heterocycles. The number of benzene rings is 1. The molecule has 0 radical (unpaired) electrons. The first-order valence-corrected chi connectivity index (χ1v) is 14.1. The van der Waals surface area contributed by atoms with Gasteiger partial charge in [-0.3, -0.25) is 9.78 Å². The van der Waals surface area contributed by atoms with E-state index >= 15 is 0 Å². The van der Waals surface area contributed by atoms with Crippen molar-refractivity contribution in [2.24, 2.45) is 5.92 Å². The van der Waals surface area contributed by atoms with Crippen LogP contribution in [0.2, 0.25) is 0 Å². The van der Waals surface area contributed by atoms with Crippen LogP contribution >= 0.6 is 11.8 Å². The molecule has 8 nitrogen and oxygen atoms in total. The predicted octanol–water partition coefficient (Wildman–Crippen LogP) is 5.29. The SMILES string of the molecule is Cc1cc(-c2cnn3c(NCC4CCSCC4)cc(Nc4cccnc4)nc23)ccc1C(=O)NC1CC1. The lowest BCUT2D eigenvalue weighted by atomic mass is 10.0. The molecule has 3 aromatic heterocycles. The fraction of sp³-hybridized carbons (Fsp3) is 0.357. The summed E-state index contributed by atoms with van der Waals surface area (Å²) in [5.74, 6) is 4.74. The molecule has 1 aliphatic carbocycles. The highest BCUT2D eigenvalue weighted by molar-refractivity contribution is 7.99. The van der Waals surface area contributed by atoms with E-state index < -0.39 is 0 Å². The van der Waals surface area contributed by atoms with Crippen molar-refractivity contribution < 1.29 is 4.79 Å². The molecule has 4 aromatic rings. The standard InChI is InChI=1S/C28H31N7OS/c1-18-13-20(4-7-23(18)28(36)33-21-5-6-21)24-17-31-35-26(30-15-19-8-11-37-12-9-19)14-25(34-27(24)35)32-22-3-2-10-29-16-22/h2-4,7,10,13-14,16-17,19,21,30H,5-6,8-9,11-12,15H2,1H3,(H,32,34)(H,33,36). The highest BCUT2D eigenvalue weighted by Gasteiger charge is 2.24. The molecule has 2 aliphatic rings. The smallest absolute Gasteiger partial charge is 0.251 e. The molecule has 4 heterocycles. The Morgan fingerprint density at radius 2 is 1.97 bits per heavy atom. The van der Waals surface area contributed by atoms with Gasteiger partial charge in [0.2, 0.25) is 0 Å². The predicted molar refractivity (Wildman–Crippen MR) is 150 cm³/mol. The lowest BCUT2D eigenvalue weighted by molar-refractivity contribution is 0.0950. The summed E-state index contributed by atoms with van der Waals surface area (Å²) in [6.07, 6.45) is 10.0.